The predicted octanol–water partition coefficient (Wildman–Crippen LogP) is 2.47. The molecule has 7 heteroatoms. The van der Waals surface area contributed by atoms with Crippen LogP contribution in [0.2, 0.25) is 0 Å². The van der Waals surface area contributed by atoms with E-state index in [1.165, 1.54) is 21.7 Å². The van der Waals surface area contributed by atoms with Gasteiger partial charge in [-0.25, -0.2) is 18.4 Å². The fourth-order valence-corrected chi connectivity index (χ4v) is 4.80. The van der Waals surface area contributed by atoms with E-state index in [2.05, 4.69) is 46.1 Å². The molecular formula is C21H26N4O2S. The third-order valence-corrected chi connectivity index (χ3v) is 6.95. The largest absolute Gasteiger partial charge is 0.292 e. The highest BCUT2D eigenvalue weighted by molar-refractivity contribution is 7.88. The van der Waals surface area contributed by atoms with Crippen LogP contribution in [0.3, 0.4) is 0 Å². The third kappa shape index (κ3) is 4.01. The molecule has 2 aliphatic heterocycles. The summed E-state index contributed by atoms with van der Waals surface area (Å²) < 4.78 is 25.1. The summed E-state index contributed by atoms with van der Waals surface area (Å²) in [5, 5.41) is 0. The molecule has 3 heterocycles. The zero-order chi connectivity index (χ0) is 19.7. The fraction of sp³-hybridized carbons (Fsp3) is 0.429. The quantitative estimate of drug-likeness (QED) is 0.792. The fourth-order valence-electron chi connectivity index (χ4n) is 4.03. The van der Waals surface area contributed by atoms with E-state index in [4.69, 9.17) is 0 Å². The molecule has 0 saturated carbocycles. The lowest BCUT2D eigenvalue weighted by molar-refractivity contribution is 0.172. The van der Waals surface area contributed by atoms with Crippen LogP contribution in [0.15, 0.2) is 42.7 Å². The molecule has 0 bridgehead atoms. The molecule has 2 aromatic rings. The first kappa shape index (κ1) is 19.2. The number of benzene rings is 1. The molecule has 148 valence electrons. The van der Waals surface area contributed by atoms with Crippen molar-refractivity contribution in [1.82, 2.24) is 19.2 Å². The number of hydrogen-bond acceptors (Lipinski definition) is 5. The van der Waals surface area contributed by atoms with E-state index in [1.54, 1.807) is 6.33 Å². The number of rotatable bonds is 4. The second kappa shape index (κ2) is 7.73. The summed E-state index contributed by atoms with van der Waals surface area (Å²) in [6.45, 7) is 4.88. The van der Waals surface area contributed by atoms with Crippen LogP contribution in [0.1, 0.15) is 35.9 Å². The molecule has 0 N–H and O–H groups in total. The van der Waals surface area contributed by atoms with Crippen molar-refractivity contribution in [1.29, 1.82) is 0 Å². The lowest BCUT2D eigenvalue weighted by Gasteiger charge is -2.35. The van der Waals surface area contributed by atoms with Crippen LogP contribution >= 0.6 is 0 Å². The summed E-state index contributed by atoms with van der Waals surface area (Å²) in [5.74, 6) is 0. The molecule has 6 nitrogen and oxygen atoms in total. The van der Waals surface area contributed by atoms with Crippen molar-refractivity contribution < 1.29 is 8.42 Å². The van der Waals surface area contributed by atoms with Gasteiger partial charge in [-0.15, -0.1) is 0 Å². The predicted molar refractivity (Wildman–Crippen MR) is 110 cm³/mol. The summed E-state index contributed by atoms with van der Waals surface area (Å²) in [7, 11) is -3.15. The first-order chi connectivity index (χ1) is 13.4. The lowest BCUT2D eigenvalue weighted by atomic mass is 9.93. The highest BCUT2D eigenvalue weighted by Gasteiger charge is 2.29. The Balaban J connectivity index is 1.60. The normalized spacial score (nSPS) is 21.2. The Bertz CT molecular complexity index is 989. The van der Waals surface area contributed by atoms with Crippen LogP contribution in [0, 0.1) is 0 Å². The van der Waals surface area contributed by atoms with E-state index in [1.807, 2.05) is 12.1 Å². The molecule has 0 fully saturated rings. The van der Waals surface area contributed by atoms with E-state index in [9.17, 15) is 8.42 Å². The van der Waals surface area contributed by atoms with E-state index in [0.717, 1.165) is 36.5 Å². The Hall–Kier alpha value is -2.09. The van der Waals surface area contributed by atoms with Gasteiger partial charge in [-0.3, -0.25) is 4.90 Å². The Morgan fingerprint density at radius 1 is 1.18 bits per heavy atom. The highest BCUT2D eigenvalue weighted by Crippen LogP contribution is 2.31. The van der Waals surface area contributed by atoms with Crippen molar-refractivity contribution in [2.75, 3.05) is 19.3 Å². The lowest BCUT2D eigenvalue weighted by Crippen LogP contribution is -2.39. The Morgan fingerprint density at radius 2 is 1.96 bits per heavy atom. The maximum atomic E-state index is 11.8. The van der Waals surface area contributed by atoms with Crippen LogP contribution in [-0.4, -0.2) is 53.0 Å². The van der Waals surface area contributed by atoms with Gasteiger partial charge in [-0.1, -0.05) is 36.4 Å². The number of sulfonamides is 1. The second-order valence-corrected chi connectivity index (χ2v) is 9.67. The molecule has 1 aromatic carbocycles. The van der Waals surface area contributed by atoms with Gasteiger partial charge >= 0.3 is 0 Å². The topological polar surface area (TPSA) is 66.4 Å². The number of aromatic nitrogens is 2. The minimum Gasteiger partial charge on any atom is -0.292 e. The van der Waals surface area contributed by atoms with Crippen molar-refractivity contribution in [2.45, 2.75) is 38.9 Å². The molecular weight excluding hydrogens is 372 g/mol. The van der Waals surface area contributed by atoms with Gasteiger partial charge in [-0.2, -0.15) is 4.31 Å². The van der Waals surface area contributed by atoms with Gasteiger partial charge in [0.1, 0.15) is 6.33 Å². The summed E-state index contributed by atoms with van der Waals surface area (Å²) in [4.78, 5) is 11.6. The molecule has 0 amide bonds. The summed E-state index contributed by atoms with van der Waals surface area (Å²) in [6, 6.07) is 10.9. The Morgan fingerprint density at radius 3 is 2.64 bits per heavy atom. The molecule has 2 aliphatic rings. The Labute approximate surface area is 167 Å². The smallest absolute Gasteiger partial charge is 0.211 e. The molecule has 28 heavy (non-hydrogen) atoms. The minimum atomic E-state index is -3.15. The zero-order valence-electron chi connectivity index (χ0n) is 16.4. The molecule has 0 radical (unpaired) electrons. The minimum absolute atomic E-state index is 0.413. The molecule has 0 aliphatic carbocycles. The van der Waals surface area contributed by atoms with Crippen molar-refractivity contribution in [3.63, 3.8) is 0 Å². The molecule has 0 saturated heterocycles. The van der Waals surface area contributed by atoms with Crippen molar-refractivity contribution in [3.8, 4) is 0 Å². The second-order valence-electron chi connectivity index (χ2n) is 7.69. The van der Waals surface area contributed by atoms with Crippen molar-refractivity contribution in [2.24, 2.45) is 0 Å². The van der Waals surface area contributed by atoms with Gasteiger partial charge in [0.15, 0.2) is 0 Å². The standard InChI is InChI=1S/C21H26N4O2S/c1-16-12-20-19(14-24(16)13-17-6-4-3-5-7-17)21(23-15-22-20)18-8-10-25(11-9-18)28(2,26)27/h3-8,15-16H,9-14H2,1-2H3. The van der Waals surface area contributed by atoms with E-state index in [-0.39, 0.29) is 0 Å². The van der Waals surface area contributed by atoms with Crippen LogP contribution in [-0.2, 0) is 29.5 Å². The van der Waals surface area contributed by atoms with Gasteiger partial charge in [0.2, 0.25) is 10.0 Å². The summed E-state index contributed by atoms with van der Waals surface area (Å²) >= 11 is 0. The first-order valence-corrected chi connectivity index (χ1v) is 11.5. The summed E-state index contributed by atoms with van der Waals surface area (Å²) in [6.07, 6.45) is 6.51. The zero-order valence-corrected chi connectivity index (χ0v) is 17.2. The summed E-state index contributed by atoms with van der Waals surface area (Å²) in [5.41, 5.74) is 5.73. The van der Waals surface area contributed by atoms with Crippen molar-refractivity contribution >= 4 is 15.6 Å². The SMILES string of the molecule is CC1Cc2ncnc(C3=CCN(S(C)(=O)=O)CC3)c2CN1Cc1ccccc1. The number of hydrogen-bond donors (Lipinski definition) is 0. The monoisotopic (exact) mass is 398 g/mol. The van der Waals surface area contributed by atoms with Gasteiger partial charge < -0.3 is 0 Å². The van der Waals surface area contributed by atoms with E-state index < -0.39 is 10.0 Å². The average Bonchev–Trinajstić information content (AvgIpc) is 2.68. The van der Waals surface area contributed by atoms with E-state index >= 15 is 0 Å². The van der Waals surface area contributed by atoms with Crippen molar-refractivity contribution in [3.05, 3.63) is 65.2 Å². The first-order valence-electron chi connectivity index (χ1n) is 9.67. The van der Waals surface area contributed by atoms with Gasteiger partial charge in [0.05, 0.1) is 17.6 Å². The van der Waals surface area contributed by atoms with Gasteiger partial charge in [0, 0.05) is 44.2 Å². The molecule has 4 rings (SSSR count). The maximum absolute atomic E-state index is 11.8. The van der Waals surface area contributed by atoms with Crippen LogP contribution in [0.5, 0.6) is 0 Å². The van der Waals surface area contributed by atoms with Crippen LogP contribution in [0.4, 0.5) is 0 Å². The highest BCUT2D eigenvalue weighted by atomic mass is 32.2. The van der Waals surface area contributed by atoms with Gasteiger partial charge in [0.25, 0.3) is 0 Å². The van der Waals surface area contributed by atoms with Crippen LogP contribution < -0.4 is 0 Å². The molecule has 1 atom stereocenters. The third-order valence-electron chi connectivity index (χ3n) is 5.68. The maximum Gasteiger partial charge on any atom is 0.211 e. The van der Waals surface area contributed by atoms with E-state index in [0.29, 0.717) is 25.6 Å². The molecule has 0 spiro atoms. The Kier molecular flexibility index (Phi) is 5.31. The number of nitrogens with zero attached hydrogens (tertiary/aromatic N) is 4. The van der Waals surface area contributed by atoms with Crippen LogP contribution in [0.25, 0.3) is 5.57 Å². The molecule has 1 aromatic heterocycles. The molecule has 1 unspecified atom stereocenters. The number of fused-ring (bicyclic) bond motifs is 1. The van der Waals surface area contributed by atoms with Gasteiger partial charge in [-0.05, 0) is 24.5 Å². The average molecular weight is 399 g/mol.